The molecule has 5 nitrogen and oxygen atoms in total. The van der Waals surface area contributed by atoms with Crippen molar-refractivity contribution in [3.63, 3.8) is 0 Å². The molecule has 0 aliphatic heterocycles. The summed E-state index contributed by atoms with van der Waals surface area (Å²) in [4.78, 5) is 28.3. The van der Waals surface area contributed by atoms with Crippen molar-refractivity contribution in [2.75, 3.05) is 7.11 Å². The van der Waals surface area contributed by atoms with E-state index in [1.807, 2.05) is 0 Å². The zero-order valence-electron chi connectivity index (χ0n) is 14.3. The van der Waals surface area contributed by atoms with Gasteiger partial charge in [-0.3, -0.25) is 14.6 Å². The Balaban J connectivity index is 1.87. The number of esters is 1. The minimum absolute atomic E-state index is 0.0404. The molecule has 0 radical (unpaired) electrons. The van der Waals surface area contributed by atoms with E-state index in [1.54, 1.807) is 48.7 Å². The molecule has 3 rings (SSSR count). The Morgan fingerprint density at radius 1 is 1.12 bits per heavy atom. The number of Topliss-reactive ketones (excluding diaryl/α,β-unsaturated/α-hetero) is 1. The summed E-state index contributed by atoms with van der Waals surface area (Å²) in [7, 11) is 1.51. The van der Waals surface area contributed by atoms with E-state index in [4.69, 9.17) is 21.1 Å². The molecule has 2 aromatic carbocycles. The molecule has 0 saturated heterocycles. The molecular formula is C20H16ClNO4. The summed E-state index contributed by atoms with van der Waals surface area (Å²) in [5.41, 5.74) is 1.60. The zero-order valence-corrected chi connectivity index (χ0v) is 15.0. The number of methoxy groups -OCH3 is 1. The molecule has 6 heteroatoms. The summed E-state index contributed by atoms with van der Waals surface area (Å²) in [6, 6.07) is 11.8. The van der Waals surface area contributed by atoms with Crippen molar-refractivity contribution in [3.05, 3.63) is 64.8 Å². The van der Waals surface area contributed by atoms with Crippen molar-refractivity contribution in [3.8, 4) is 11.5 Å². The highest BCUT2D eigenvalue weighted by Crippen LogP contribution is 2.30. The van der Waals surface area contributed by atoms with Crippen LogP contribution in [0.1, 0.15) is 22.8 Å². The maximum absolute atomic E-state index is 12.4. The molecule has 0 aliphatic carbocycles. The highest BCUT2D eigenvalue weighted by Gasteiger charge is 2.15. The van der Waals surface area contributed by atoms with Gasteiger partial charge in [0.1, 0.15) is 11.3 Å². The fourth-order valence-corrected chi connectivity index (χ4v) is 2.86. The fraction of sp³-hybridized carbons (Fsp3) is 0.150. The van der Waals surface area contributed by atoms with Crippen molar-refractivity contribution in [2.45, 2.75) is 13.3 Å². The van der Waals surface area contributed by atoms with Crippen molar-refractivity contribution in [2.24, 2.45) is 0 Å². The van der Waals surface area contributed by atoms with Gasteiger partial charge in [0.2, 0.25) is 0 Å². The van der Waals surface area contributed by atoms with Gasteiger partial charge in [-0.25, -0.2) is 0 Å². The smallest absolute Gasteiger partial charge is 0.315 e. The predicted octanol–water partition coefficient (Wildman–Crippen LogP) is 4.25. The molecule has 1 aromatic heterocycles. The lowest BCUT2D eigenvalue weighted by atomic mass is 10.0. The zero-order chi connectivity index (χ0) is 18.7. The highest BCUT2D eigenvalue weighted by atomic mass is 35.5. The van der Waals surface area contributed by atoms with Crippen LogP contribution in [-0.4, -0.2) is 23.8 Å². The van der Waals surface area contributed by atoms with Crippen LogP contribution in [0, 0.1) is 0 Å². The summed E-state index contributed by atoms with van der Waals surface area (Å²) < 4.78 is 10.8. The van der Waals surface area contributed by atoms with Gasteiger partial charge in [-0.05, 0) is 49.4 Å². The predicted molar refractivity (Wildman–Crippen MR) is 99.1 cm³/mol. The molecule has 0 unspecified atom stereocenters. The summed E-state index contributed by atoms with van der Waals surface area (Å²) in [6.45, 7) is 1.47. The number of benzene rings is 2. The van der Waals surface area contributed by atoms with E-state index in [9.17, 15) is 9.59 Å². The monoisotopic (exact) mass is 369 g/mol. The number of fused-ring (bicyclic) bond motifs is 1. The van der Waals surface area contributed by atoms with Crippen LogP contribution in [0.25, 0.3) is 10.9 Å². The van der Waals surface area contributed by atoms with Gasteiger partial charge < -0.3 is 9.47 Å². The second-order valence-corrected chi connectivity index (χ2v) is 6.09. The standard InChI is InChI=1S/C20H16ClNO4/c1-12(23)13-5-7-17(25-2)14(10-13)11-19(24)26-18-8-6-16(21)15-4-3-9-22-20(15)18/h3-10H,11H2,1-2H3. The Kier molecular flexibility index (Phi) is 5.19. The molecule has 0 bridgehead atoms. The van der Waals surface area contributed by atoms with E-state index in [0.29, 0.717) is 38.6 Å². The van der Waals surface area contributed by atoms with Crippen LogP contribution in [0.15, 0.2) is 48.7 Å². The van der Waals surface area contributed by atoms with E-state index in [0.717, 1.165) is 0 Å². The number of halogens is 1. The van der Waals surface area contributed by atoms with E-state index >= 15 is 0 Å². The first-order valence-electron chi connectivity index (χ1n) is 7.91. The number of ketones is 1. The lowest BCUT2D eigenvalue weighted by molar-refractivity contribution is -0.133. The van der Waals surface area contributed by atoms with Crippen LogP contribution < -0.4 is 9.47 Å². The average molecular weight is 370 g/mol. The van der Waals surface area contributed by atoms with Gasteiger partial charge in [-0.2, -0.15) is 0 Å². The molecule has 0 spiro atoms. The molecule has 1 heterocycles. The van der Waals surface area contributed by atoms with Gasteiger partial charge in [-0.1, -0.05) is 11.6 Å². The van der Waals surface area contributed by atoms with E-state index in [-0.39, 0.29) is 12.2 Å². The van der Waals surface area contributed by atoms with Gasteiger partial charge in [0.15, 0.2) is 11.5 Å². The van der Waals surface area contributed by atoms with Gasteiger partial charge in [-0.15, -0.1) is 0 Å². The van der Waals surface area contributed by atoms with Crippen LogP contribution >= 0.6 is 11.6 Å². The van der Waals surface area contributed by atoms with Crippen molar-refractivity contribution >= 4 is 34.3 Å². The molecule has 26 heavy (non-hydrogen) atoms. The lowest BCUT2D eigenvalue weighted by Gasteiger charge is -2.11. The highest BCUT2D eigenvalue weighted by molar-refractivity contribution is 6.35. The maximum atomic E-state index is 12.4. The number of rotatable bonds is 5. The third kappa shape index (κ3) is 3.68. The normalized spacial score (nSPS) is 10.6. The molecule has 0 atom stereocenters. The second kappa shape index (κ2) is 7.54. The van der Waals surface area contributed by atoms with E-state index in [1.165, 1.54) is 14.0 Å². The lowest BCUT2D eigenvalue weighted by Crippen LogP contribution is -2.13. The number of carbonyl (C=O) groups excluding carboxylic acids is 2. The summed E-state index contributed by atoms with van der Waals surface area (Å²) in [5.74, 6) is 0.274. The molecule has 3 aromatic rings. The Hall–Kier alpha value is -2.92. The molecule has 0 fully saturated rings. The first-order chi connectivity index (χ1) is 12.5. The maximum Gasteiger partial charge on any atom is 0.315 e. The van der Waals surface area contributed by atoms with Crippen LogP contribution in [0.5, 0.6) is 11.5 Å². The van der Waals surface area contributed by atoms with Gasteiger partial charge >= 0.3 is 5.97 Å². The number of carbonyl (C=O) groups is 2. The number of ether oxygens (including phenoxy) is 2. The number of aromatic nitrogens is 1. The largest absolute Gasteiger partial charge is 0.496 e. The van der Waals surface area contributed by atoms with E-state index < -0.39 is 5.97 Å². The van der Waals surface area contributed by atoms with Crippen LogP contribution in [-0.2, 0) is 11.2 Å². The molecule has 0 N–H and O–H groups in total. The Morgan fingerprint density at radius 2 is 1.88 bits per heavy atom. The molecule has 132 valence electrons. The topological polar surface area (TPSA) is 65.5 Å². The van der Waals surface area contributed by atoms with Crippen LogP contribution in [0.4, 0.5) is 0 Å². The molecular weight excluding hydrogens is 354 g/mol. The van der Waals surface area contributed by atoms with Crippen molar-refractivity contribution in [1.82, 2.24) is 4.98 Å². The second-order valence-electron chi connectivity index (χ2n) is 5.68. The van der Waals surface area contributed by atoms with Crippen molar-refractivity contribution in [1.29, 1.82) is 0 Å². The number of hydrogen-bond acceptors (Lipinski definition) is 5. The Bertz CT molecular complexity index is 1000. The molecule has 0 saturated carbocycles. The van der Waals surface area contributed by atoms with Crippen LogP contribution in [0.3, 0.4) is 0 Å². The summed E-state index contributed by atoms with van der Waals surface area (Å²) >= 11 is 6.15. The molecule has 0 amide bonds. The van der Waals surface area contributed by atoms with Gasteiger partial charge in [0, 0.05) is 22.7 Å². The Morgan fingerprint density at radius 3 is 2.62 bits per heavy atom. The SMILES string of the molecule is COc1ccc(C(C)=O)cc1CC(=O)Oc1ccc(Cl)c2cccnc12. The third-order valence-electron chi connectivity index (χ3n) is 3.92. The minimum Gasteiger partial charge on any atom is -0.496 e. The molecule has 0 aliphatic rings. The number of pyridine rings is 1. The minimum atomic E-state index is -0.488. The first-order valence-corrected chi connectivity index (χ1v) is 8.29. The first kappa shape index (κ1) is 17.9. The number of nitrogens with zero attached hydrogens (tertiary/aromatic N) is 1. The number of hydrogen-bond donors (Lipinski definition) is 0. The van der Waals surface area contributed by atoms with Crippen LogP contribution in [0.2, 0.25) is 5.02 Å². The van der Waals surface area contributed by atoms with E-state index in [2.05, 4.69) is 4.98 Å². The van der Waals surface area contributed by atoms with Crippen molar-refractivity contribution < 1.29 is 19.1 Å². The quantitative estimate of drug-likeness (QED) is 0.382. The summed E-state index contributed by atoms with van der Waals surface area (Å²) in [6.07, 6.45) is 1.57. The average Bonchev–Trinajstić information content (AvgIpc) is 2.64. The Labute approximate surface area is 155 Å². The summed E-state index contributed by atoms with van der Waals surface area (Å²) in [5, 5.41) is 1.24. The van der Waals surface area contributed by atoms with Gasteiger partial charge in [0.25, 0.3) is 0 Å². The van der Waals surface area contributed by atoms with Gasteiger partial charge in [0.05, 0.1) is 18.6 Å². The third-order valence-corrected chi connectivity index (χ3v) is 4.25. The fourth-order valence-electron chi connectivity index (χ4n) is 2.64.